The number of rotatable bonds is 4. The quantitative estimate of drug-likeness (QED) is 0.288. The van der Waals surface area contributed by atoms with Gasteiger partial charge < -0.3 is 15.2 Å². The molecule has 4 rings (SSSR count). The highest BCUT2D eigenvalue weighted by atomic mass is 16.3. The van der Waals surface area contributed by atoms with Gasteiger partial charge in [-0.2, -0.15) is 4.98 Å². The Hall–Kier alpha value is -3.39. The van der Waals surface area contributed by atoms with Gasteiger partial charge in [-0.15, -0.1) is 10.2 Å². The van der Waals surface area contributed by atoms with Crippen molar-refractivity contribution in [2.45, 2.75) is 6.54 Å². The molecule has 8 nitrogen and oxygen atoms in total. The van der Waals surface area contributed by atoms with E-state index in [1.165, 1.54) is 12.1 Å². The first kappa shape index (κ1) is 14.2. The Labute approximate surface area is 136 Å². The lowest BCUT2D eigenvalue weighted by Crippen LogP contribution is -2.22. The number of nitrogens with zero attached hydrogens (tertiary/aromatic N) is 3. The van der Waals surface area contributed by atoms with E-state index in [9.17, 15) is 10.2 Å². The van der Waals surface area contributed by atoms with Crippen molar-refractivity contribution in [3.05, 3.63) is 48.0 Å². The molecule has 0 atom stereocenters. The van der Waals surface area contributed by atoms with E-state index in [1.54, 1.807) is 6.07 Å². The fourth-order valence-corrected chi connectivity index (χ4v) is 2.48. The molecular formula is C16H14N6O2. The molecular weight excluding hydrogens is 308 g/mol. The summed E-state index contributed by atoms with van der Waals surface area (Å²) in [7, 11) is 0. The molecule has 0 unspecified atom stereocenters. The van der Waals surface area contributed by atoms with Crippen LogP contribution in [0.2, 0.25) is 0 Å². The lowest BCUT2D eigenvalue weighted by Gasteiger charge is -2.07. The van der Waals surface area contributed by atoms with Crippen molar-refractivity contribution in [3.63, 3.8) is 0 Å². The van der Waals surface area contributed by atoms with Gasteiger partial charge in [0.15, 0.2) is 17.1 Å². The molecule has 5 N–H and O–H groups in total. The van der Waals surface area contributed by atoms with Gasteiger partial charge in [-0.05, 0) is 23.8 Å². The van der Waals surface area contributed by atoms with Crippen LogP contribution in [0.15, 0.2) is 42.5 Å². The molecule has 0 spiro atoms. The van der Waals surface area contributed by atoms with Crippen LogP contribution in [0.5, 0.6) is 11.5 Å². The molecule has 0 bridgehead atoms. The number of para-hydroxylation sites is 1. The fourth-order valence-electron chi connectivity index (χ4n) is 2.48. The van der Waals surface area contributed by atoms with Crippen molar-refractivity contribution in [1.29, 1.82) is 0 Å². The standard InChI is InChI=1S/C16H14N6O2/c23-12-6-5-9(7-13(12)24)8-17-21-16-19-15-14(20-22-16)10-3-1-2-4-11(10)18-15/h1-7,17,23-24H,8H2,(H2,18,19,21,22). The number of benzene rings is 2. The number of hydrogen-bond acceptors (Lipinski definition) is 7. The summed E-state index contributed by atoms with van der Waals surface area (Å²) in [6.45, 7) is 0.405. The molecule has 0 saturated heterocycles. The van der Waals surface area contributed by atoms with E-state index in [-0.39, 0.29) is 11.5 Å². The minimum Gasteiger partial charge on any atom is -0.504 e. The third-order valence-electron chi connectivity index (χ3n) is 3.65. The minimum absolute atomic E-state index is 0.150. The average Bonchev–Trinajstić information content (AvgIpc) is 2.96. The van der Waals surface area contributed by atoms with Crippen LogP contribution in [-0.4, -0.2) is 30.4 Å². The molecule has 8 heteroatoms. The zero-order chi connectivity index (χ0) is 16.5. The van der Waals surface area contributed by atoms with E-state index < -0.39 is 0 Å². The van der Waals surface area contributed by atoms with Crippen LogP contribution in [0.1, 0.15) is 5.56 Å². The zero-order valence-electron chi connectivity index (χ0n) is 12.5. The third-order valence-corrected chi connectivity index (χ3v) is 3.65. The van der Waals surface area contributed by atoms with Crippen LogP contribution >= 0.6 is 0 Å². The summed E-state index contributed by atoms with van der Waals surface area (Å²) in [4.78, 5) is 7.58. The van der Waals surface area contributed by atoms with Crippen LogP contribution in [-0.2, 0) is 6.54 Å². The van der Waals surface area contributed by atoms with E-state index in [0.29, 0.717) is 18.1 Å². The molecule has 0 saturated carbocycles. The summed E-state index contributed by atoms with van der Waals surface area (Å²) in [6.07, 6.45) is 0. The second kappa shape index (κ2) is 5.67. The Kier molecular flexibility index (Phi) is 3.36. The minimum atomic E-state index is -0.160. The molecule has 0 aliphatic rings. The Bertz CT molecular complexity index is 1030. The van der Waals surface area contributed by atoms with E-state index in [1.807, 2.05) is 24.3 Å². The molecule has 24 heavy (non-hydrogen) atoms. The van der Waals surface area contributed by atoms with Gasteiger partial charge in [-0.25, -0.2) is 5.43 Å². The van der Waals surface area contributed by atoms with Gasteiger partial charge in [0.25, 0.3) is 5.95 Å². The number of hydrazine groups is 1. The first-order valence-electron chi connectivity index (χ1n) is 7.31. The summed E-state index contributed by atoms with van der Waals surface area (Å²) >= 11 is 0. The van der Waals surface area contributed by atoms with Crippen LogP contribution in [0.4, 0.5) is 5.95 Å². The predicted octanol–water partition coefficient (Wildman–Crippen LogP) is 2.03. The molecule has 0 fully saturated rings. The highest BCUT2D eigenvalue weighted by Crippen LogP contribution is 2.25. The van der Waals surface area contributed by atoms with Crippen molar-refractivity contribution in [2.24, 2.45) is 0 Å². The average molecular weight is 322 g/mol. The van der Waals surface area contributed by atoms with Gasteiger partial charge in [-0.3, -0.25) is 5.43 Å². The maximum absolute atomic E-state index is 9.47. The molecule has 0 amide bonds. The molecule has 4 aromatic rings. The van der Waals surface area contributed by atoms with Crippen molar-refractivity contribution in [3.8, 4) is 11.5 Å². The lowest BCUT2D eigenvalue weighted by atomic mass is 10.2. The molecule has 2 aromatic carbocycles. The second-order valence-corrected chi connectivity index (χ2v) is 5.30. The molecule has 0 radical (unpaired) electrons. The van der Waals surface area contributed by atoms with Gasteiger partial charge in [0.2, 0.25) is 0 Å². The summed E-state index contributed by atoms with van der Waals surface area (Å²) < 4.78 is 0. The van der Waals surface area contributed by atoms with E-state index >= 15 is 0 Å². The summed E-state index contributed by atoms with van der Waals surface area (Å²) in [5.41, 5.74) is 8.93. The Morgan fingerprint density at radius 1 is 1.00 bits per heavy atom. The number of hydrogen-bond donors (Lipinski definition) is 5. The van der Waals surface area contributed by atoms with Crippen molar-refractivity contribution in [2.75, 3.05) is 5.43 Å². The number of aromatic amines is 1. The van der Waals surface area contributed by atoms with Crippen molar-refractivity contribution < 1.29 is 10.2 Å². The van der Waals surface area contributed by atoms with Gasteiger partial charge >= 0.3 is 0 Å². The van der Waals surface area contributed by atoms with E-state index in [2.05, 4.69) is 31.0 Å². The van der Waals surface area contributed by atoms with Crippen LogP contribution in [0, 0.1) is 0 Å². The molecule has 2 heterocycles. The largest absolute Gasteiger partial charge is 0.504 e. The second-order valence-electron chi connectivity index (χ2n) is 5.30. The van der Waals surface area contributed by atoms with Gasteiger partial charge in [0.05, 0.1) is 0 Å². The third kappa shape index (κ3) is 2.55. The smallest absolute Gasteiger partial charge is 0.259 e. The number of phenolic OH excluding ortho intramolecular Hbond substituents is 2. The number of nitrogens with one attached hydrogen (secondary N) is 3. The normalized spacial score (nSPS) is 11.2. The predicted molar refractivity (Wildman–Crippen MR) is 89.4 cm³/mol. The first-order valence-corrected chi connectivity index (χ1v) is 7.31. The number of aromatic hydroxyl groups is 2. The van der Waals surface area contributed by atoms with Gasteiger partial charge in [-0.1, -0.05) is 24.3 Å². The van der Waals surface area contributed by atoms with Gasteiger partial charge in [0.1, 0.15) is 5.52 Å². The summed E-state index contributed by atoms with van der Waals surface area (Å²) in [6, 6.07) is 12.4. The number of aromatic nitrogens is 4. The number of phenols is 2. The molecule has 120 valence electrons. The maximum Gasteiger partial charge on any atom is 0.259 e. The van der Waals surface area contributed by atoms with Crippen LogP contribution in [0.3, 0.4) is 0 Å². The van der Waals surface area contributed by atoms with Crippen LogP contribution in [0.25, 0.3) is 22.1 Å². The van der Waals surface area contributed by atoms with E-state index in [0.717, 1.165) is 22.0 Å². The Balaban J connectivity index is 1.50. The lowest BCUT2D eigenvalue weighted by molar-refractivity contribution is 0.403. The molecule has 0 aliphatic carbocycles. The Morgan fingerprint density at radius 2 is 1.88 bits per heavy atom. The maximum atomic E-state index is 9.47. The SMILES string of the molecule is Oc1ccc(CNNc2nnc3c(n2)[nH]c2ccccc23)cc1O. The van der Waals surface area contributed by atoms with Gasteiger partial charge in [0, 0.05) is 17.4 Å². The van der Waals surface area contributed by atoms with Crippen molar-refractivity contribution in [1.82, 2.24) is 25.6 Å². The van der Waals surface area contributed by atoms with Crippen LogP contribution < -0.4 is 10.9 Å². The first-order chi connectivity index (χ1) is 11.7. The molecule has 2 aromatic heterocycles. The fraction of sp³-hybridized carbons (Fsp3) is 0.0625. The van der Waals surface area contributed by atoms with Crippen molar-refractivity contribution >= 4 is 28.0 Å². The Morgan fingerprint density at radius 3 is 2.75 bits per heavy atom. The summed E-state index contributed by atoms with van der Waals surface area (Å²) in [5, 5.41) is 28.0. The van der Waals surface area contributed by atoms with E-state index in [4.69, 9.17) is 0 Å². The zero-order valence-corrected chi connectivity index (χ0v) is 12.5. The summed E-state index contributed by atoms with van der Waals surface area (Å²) in [5.74, 6) is 0.0206. The number of fused-ring (bicyclic) bond motifs is 3. The highest BCUT2D eigenvalue weighted by Gasteiger charge is 2.08. The number of anilines is 1. The highest BCUT2D eigenvalue weighted by molar-refractivity contribution is 6.03. The molecule has 0 aliphatic heterocycles. The monoisotopic (exact) mass is 322 g/mol. The topological polar surface area (TPSA) is 119 Å². The number of H-pyrrole nitrogens is 1.